The van der Waals surface area contributed by atoms with Gasteiger partial charge in [0.2, 0.25) is 5.91 Å². The minimum atomic E-state index is -0.447. The van der Waals surface area contributed by atoms with Gasteiger partial charge in [-0.1, -0.05) is 6.07 Å². The standard InChI is InChI=1S/C24H25N3O5S/c1-25-14-16(23(29)26(2)24(25)30)7-8-21(28)27-10-9-15-12-18(31-3)19(32-4)13-17(15)22(27)20-6-5-11-33-20/h5-8,11-14,22H,9-10H2,1-4H3/b8-7+. The van der Waals surface area contributed by atoms with Gasteiger partial charge in [0.15, 0.2) is 11.5 Å². The number of benzene rings is 1. The highest BCUT2D eigenvalue weighted by Gasteiger charge is 2.33. The molecule has 33 heavy (non-hydrogen) atoms. The number of hydrogen-bond donors (Lipinski definition) is 0. The number of aromatic nitrogens is 2. The van der Waals surface area contributed by atoms with E-state index in [4.69, 9.17) is 9.47 Å². The van der Waals surface area contributed by atoms with Crippen molar-refractivity contribution in [2.24, 2.45) is 14.1 Å². The van der Waals surface area contributed by atoms with Crippen LogP contribution >= 0.6 is 11.3 Å². The molecule has 1 amide bonds. The fourth-order valence-electron chi connectivity index (χ4n) is 4.14. The first kappa shape index (κ1) is 22.6. The summed E-state index contributed by atoms with van der Waals surface area (Å²) in [6.07, 6.45) is 4.97. The van der Waals surface area contributed by atoms with Gasteiger partial charge in [0.1, 0.15) is 0 Å². The Morgan fingerprint density at radius 2 is 1.88 bits per heavy atom. The van der Waals surface area contributed by atoms with Gasteiger partial charge in [-0.25, -0.2) is 4.79 Å². The maximum atomic E-state index is 13.3. The Bertz CT molecular complexity index is 1340. The van der Waals surface area contributed by atoms with Crippen molar-refractivity contribution in [2.75, 3.05) is 20.8 Å². The van der Waals surface area contributed by atoms with Crippen LogP contribution in [0, 0.1) is 0 Å². The lowest BCUT2D eigenvalue weighted by molar-refractivity contribution is -0.127. The number of carbonyl (C=O) groups is 1. The van der Waals surface area contributed by atoms with E-state index in [0.717, 1.165) is 20.6 Å². The van der Waals surface area contributed by atoms with Crippen LogP contribution in [0.1, 0.15) is 27.6 Å². The van der Waals surface area contributed by atoms with E-state index in [9.17, 15) is 14.4 Å². The van der Waals surface area contributed by atoms with E-state index >= 15 is 0 Å². The topological polar surface area (TPSA) is 82.8 Å². The molecule has 1 aromatic carbocycles. The van der Waals surface area contributed by atoms with E-state index in [2.05, 4.69) is 0 Å². The quantitative estimate of drug-likeness (QED) is 0.538. The second-order valence-electron chi connectivity index (χ2n) is 7.78. The maximum Gasteiger partial charge on any atom is 0.330 e. The number of methoxy groups -OCH3 is 2. The molecule has 0 spiro atoms. The number of amides is 1. The van der Waals surface area contributed by atoms with E-state index in [1.54, 1.807) is 37.5 Å². The summed E-state index contributed by atoms with van der Waals surface area (Å²) >= 11 is 1.58. The van der Waals surface area contributed by atoms with Gasteiger partial charge in [0, 0.05) is 37.8 Å². The molecule has 1 aliphatic heterocycles. The second kappa shape index (κ2) is 9.11. The SMILES string of the molecule is COc1cc2c(cc1OC)C(c1cccs1)N(C(=O)/C=C/c1cn(C)c(=O)n(C)c1=O)CC2. The van der Waals surface area contributed by atoms with Gasteiger partial charge in [-0.3, -0.25) is 14.2 Å². The maximum absolute atomic E-state index is 13.3. The zero-order valence-corrected chi connectivity index (χ0v) is 19.7. The zero-order valence-electron chi connectivity index (χ0n) is 18.9. The van der Waals surface area contributed by atoms with Crippen LogP contribution in [0.2, 0.25) is 0 Å². The molecular weight excluding hydrogens is 442 g/mol. The first-order valence-corrected chi connectivity index (χ1v) is 11.3. The summed E-state index contributed by atoms with van der Waals surface area (Å²) < 4.78 is 13.3. The number of hydrogen-bond acceptors (Lipinski definition) is 6. The lowest BCUT2D eigenvalue weighted by Crippen LogP contribution is -2.39. The van der Waals surface area contributed by atoms with Crippen molar-refractivity contribution in [3.8, 4) is 11.5 Å². The average molecular weight is 468 g/mol. The number of aryl methyl sites for hydroxylation is 1. The minimum absolute atomic E-state index is 0.218. The Labute approximate surface area is 194 Å². The number of ether oxygens (including phenoxy) is 2. The molecular formula is C24H25N3O5S. The van der Waals surface area contributed by atoms with Crippen LogP contribution in [-0.4, -0.2) is 40.7 Å². The number of thiophene rings is 1. The van der Waals surface area contributed by atoms with Crippen molar-refractivity contribution in [3.05, 3.63) is 84.3 Å². The fourth-order valence-corrected chi connectivity index (χ4v) is 5.00. The normalized spacial score (nSPS) is 15.5. The zero-order chi connectivity index (χ0) is 23.7. The second-order valence-corrected chi connectivity index (χ2v) is 8.76. The van der Waals surface area contributed by atoms with Crippen LogP contribution in [0.4, 0.5) is 0 Å². The molecule has 3 heterocycles. The molecule has 8 nitrogen and oxygen atoms in total. The lowest BCUT2D eigenvalue weighted by atomic mass is 9.90. The average Bonchev–Trinajstić information content (AvgIpc) is 3.36. The Morgan fingerprint density at radius 3 is 2.55 bits per heavy atom. The predicted octanol–water partition coefficient (Wildman–Crippen LogP) is 2.35. The van der Waals surface area contributed by atoms with E-state index in [1.165, 1.54) is 30.0 Å². The van der Waals surface area contributed by atoms with Crippen molar-refractivity contribution in [3.63, 3.8) is 0 Å². The van der Waals surface area contributed by atoms with E-state index in [1.807, 2.05) is 29.6 Å². The summed E-state index contributed by atoms with van der Waals surface area (Å²) in [5, 5.41) is 1.98. The monoisotopic (exact) mass is 467 g/mol. The van der Waals surface area contributed by atoms with Crippen LogP contribution in [0.5, 0.6) is 11.5 Å². The van der Waals surface area contributed by atoms with Gasteiger partial charge < -0.3 is 18.9 Å². The molecule has 1 unspecified atom stereocenters. The summed E-state index contributed by atoms with van der Waals surface area (Å²) in [4.78, 5) is 40.5. The van der Waals surface area contributed by atoms with Gasteiger partial charge in [-0.05, 0) is 47.2 Å². The van der Waals surface area contributed by atoms with Crippen LogP contribution in [0.25, 0.3) is 6.08 Å². The summed E-state index contributed by atoms with van der Waals surface area (Å²) in [5.74, 6) is 1.05. The van der Waals surface area contributed by atoms with Crippen molar-refractivity contribution < 1.29 is 14.3 Å². The van der Waals surface area contributed by atoms with Crippen molar-refractivity contribution >= 4 is 23.3 Å². The highest BCUT2D eigenvalue weighted by molar-refractivity contribution is 7.10. The first-order chi connectivity index (χ1) is 15.8. The summed E-state index contributed by atoms with van der Waals surface area (Å²) in [7, 11) is 6.18. The predicted molar refractivity (Wildman–Crippen MR) is 127 cm³/mol. The largest absolute Gasteiger partial charge is 0.493 e. The molecule has 0 bridgehead atoms. The van der Waals surface area contributed by atoms with Crippen molar-refractivity contribution in [2.45, 2.75) is 12.5 Å². The molecule has 1 atom stereocenters. The summed E-state index contributed by atoms with van der Waals surface area (Å²) in [6.45, 7) is 0.513. The summed E-state index contributed by atoms with van der Waals surface area (Å²) in [6, 6.07) is 7.59. The van der Waals surface area contributed by atoms with Gasteiger partial charge in [0.25, 0.3) is 5.56 Å². The number of carbonyl (C=O) groups excluding carboxylic acids is 1. The smallest absolute Gasteiger partial charge is 0.330 e. The van der Waals surface area contributed by atoms with Gasteiger partial charge >= 0.3 is 5.69 Å². The van der Waals surface area contributed by atoms with E-state index < -0.39 is 11.2 Å². The van der Waals surface area contributed by atoms with Crippen molar-refractivity contribution in [1.82, 2.24) is 14.0 Å². The molecule has 0 N–H and O–H groups in total. The summed E-state index contributed by atoms with van der Waals surface area (Å²) in [5.41, 5.74) is 1.49. The van der Waals surface area contributed by atoms with Gasteiger partial charge in [-0.2, -0.15) is 0 Å². The van der Waals surface area contributed by atoms with Crippen LogP contribution in [0.3, 0.4) is 0 Å². The van der Waals surface area contributed by atoms with Gasteiger partial charge in [-0.15, -0.1) is 11.3 Å². The van der Waals surface area contributed by atoms with Crippen LogP contribution in [-0.2, 0) is 25.3 Å². The molecule has 0 saturated heterocycles. The molecule has 0 aliphatic carbocycles. The molecule has 2 aromatic heterocycles. The van der Waals surface area contributed by atoms with E-state index in [0.29, 0.717) is 24.5 Å². The molecule has 0 fully saturated rings. The lowest BCUT2D eigenvalue weighted by Gasteiger charge is -2.37. The fraction of sp³-hybridized carbons (Fsp3) is 0.292. The van der Waals surface area contributed by atoms with E-state index in [-0.39, 0.29) is 17.5 Å². The molecule has 3 aromatic rings. The highest BCUT2D eigenvalue weighted by Crippen LogP contribution is 2.42. The third-order valence-electron chi connectivity index (χ3n) is 5.85. The van der Waals surface area contributed by atoms with Crippen molar-refractivity contribution in [1.29, 1.82) is 0 Å². The number of fused-ring (bicyclic) bond motifs is 1. The van der Waals surface area contributed by atoms with Crippen LogP contribution < -0.4 is 20.7 Å². The molecule has 9 heteroatoms. The molecule has 1 aliphatic rings. The molecule has 172 valence electrons. The van der Waals surface area contributed by atoms with Crippen LogP contribution in [0.15, 0.2) is 51.5 Å². The van der Waals surface area contributed by atoms with Gasteiger partial charge in [0.05, 0.1) is 25.8 Å². The molecule has 0 saturated carbocycles. The number of nitrogens with zero attached hydrogens (tertiary/aromatic N) is 3. The minimum Gasteiger partial charge on any atom is -0.493 e. The molecule has 4 rings (SSSR count). The number of rotatable bonds is 5. The molecule has 0 radical (unpaired) electrons. The third-order valence-corrected chi connectivity index (χ3v) is 6.77. The first-order valence-electron chi connectivity index (χ1n) is 10.4. The Balaban J connectivity index is 1.74. The Morgan fingerprint density at radius 1 is 1.15 bits per heavy atom. The highest BCUT2D eigenvalue weighted by atomic mass is 32.1. The Hall–Kier alpha value is -3.59. The third kappa shape index (κ3) is 4.11. The Kier molecular flexibility index (Phi) is 6.24.